The molecule has 0 bridgehead atoms. The van der Waals surface area contributed by atoms with Crippen molar-refractivity contribution in [2.45, 2.75) is 32.1 Å². The van der Waals surface area contributed by atoms with Crippen LogP contribution < -0.4 is 15.2 Å². The molecule has 4 rings (SSSR count). The average molecular weight is 458 g/mol. The van der Waals surface area contributed by atoms with Gasteiger partial charge in [0, 0.05) is 25.2 Å². The Bertz CT molecular complexity index is 1150. The number of likely N-dealkylation sites (tertiary alicyclic amines) is 1. The Kier molecular flexibility index (Phi) is 5.81. The van der Waals surface area contributed by atoms with Gasteiger partial charge in [0.25, 0.3) is 0 Å². The van der Waals surface area contributed by atoms with E-state index in [1.807, 2.05) is 36.9 Å². The van der Waals surface area contributed by atoms with Crippen LogP contribution in [-0.4, -0.2) is 49.7 Å². The fourth-order valence-electron chi connectivity index (χ4n) is 4.17. The zero-order valence-electron chi connectivity index (χ0n) is 18.1. The standard InChI is InChI=1S/C22H27N5O4S/c1-22(2,18-10-3-4-11-24-18)21(28)27-12-6-7-15(13-27)14-31-17-9-5-8-16-19(17)20(23)26-32(29,30)25-16/h3-5,8-11,15,25H,6-7,12-14H2,1-2H3,(H2,23,26). The molecule has 2 aliphatic rings. The van der Waals surface area contributed by atoms with Crippen LogP contribution in [-0.2, 0) is 20.4 Å². The highest BCUT2D eigenvalue weighted by Crippen LogP contribution is 2.32. The van der Waals surface area contributed by atoms with E-state index in [2.05, 4.69) is 14.1 Å². The van der Waals surface area contributed by atoms with Gasteiger partial charge in [0.1, 0.15) is 5.75 Å². The van der Waals surface area contributed by atoms with Crippen molar-refractivity contribution in [3.8, 4) is 5.75 Å². The fraction of sp³-hybridized carbons (Fsp3) is 0.409. The van der Waals surface area contributed by atoms with Gasteiger partial charge < -0.3 is 15.4 Å². The molecule has 3 N–H and O–H groups in total. The third kappa shape index (κ3) is 4.40. The fourth-order valence-corrected chi connectivity index (χ4v) is 5.01. The lowest BCUT2D eigenvalue weighted by Gasteiger charge is -2.37. The van der Waals surface area contributed by atoms with Crippen molar-refractivity contribution in [2.75, 3.05) is 24.4 Å². The van der Waals surface area contributed by atoms with Crippen LogP contribution in [0.1, 0.15) is 37.9 Å². The Labute approximate surface area is 187 Å². The zero-order valence-corrected chi connectivity index (χ0v) is 18.9. The summed E-state index contributed by atoms with van der Waals surface area (Å²) in [7, 11) is -3.84. The van der Waals surface area contributed by atoms with E-state index in [0.29, 0.717) is 36.7 Å². The number of benzene rings is 1. The number of anilines is 1. The Morgan fingerprint density at radius 2 is 2.09 bits per heavy atom. The largest absolute Gasteiger partial charge is 0.492 e. The molecule has 2 aromatic rings. The quantitative estimate of drug-likeness (QED) is 0.707. The molecule has 1 aromatic heterocycles. The summed E-state index contributed by atoms with van der Waals surface area (Å²) >= 11 is 0. The van der Waals surface area contributed by atoms with E-state index in [1.165, 1.54) is 0 Å². The predicted molar refractivity (Wildman–Crippen MR) is 122 cm³/mol. The number of nitrogens with one attached hydrogen (secondary N) is 1. The minimum absolute atomic E-state index is 0.0452. The molecule has 0 aliphatic carbocycles. The van der Waals surface area contributed by atoms with Crippen LogP contribution in [0.25, 0.3) is 0 Å². The first-order valence-corrected chi connectivity index (χ1v) is 12.0. The van der Waals surface area contributed by atoms with Crippen LogP contribution in [0.5, 0.6) is 5.75 Å². The minimum Gasteiger partial charge on any atom is -0.492 e. The molecule has 0 spiro atoms. The molecule has 1 amide bonds. The molecule has 0 radical (unpaired) electrons. The topological polar surface area (TPSA) is 127 Å². The Hall–Kier alpha value is -3.14. The second-order valence-electron chi connectivity index (χ2n) is 8.64. The smallest absolute Gasteiger partial charge is 0.344 e. The van der Waals surface area contributed by atoms with Crippen molar-refractivity contribution in [2.24, 2.45) is 16.0 Å². The lowest BCUT2D eigenvalue weighted by Crippen LogP contribution is -2.49. The third-order valence-electron chi connectivity index (χ3n) is 5.86. The number of carbonyl (C=O) groups excluding carboxylic acids is 1. The molecular weight excluding hydrogens is 430 g/mol. The number of nitrogens with two attached hydrogens (primary N) is 1. The van der Waals surface area contributed by atoms with Crippen molar-refractivity contribution < 1.29 is 17.9 Å². The molecule has 1 fully saturated rings. The van der Waals surface area contributed by atoms with Crippen LogP contribution in [0.2, 0.25) is 0 Å². The van der Waals surface area contributed by atoms with Crippen molar-refractivity contribution >= 4 is 27.6 Å². The number of amides is 1. The summed E-state index contributed by atoms with van der Waals surface area (Å²) in [6.07, 6.45) is 3.51. The van der Waals surface area contributed by atoms with E-state index in [4.69, 9.17) is 10.5 Å². The zero-order chi connectivity index (χ0) is 22.9. The highest BCUT2D eigenvalue weighted by molar-refractivity contribution is 7.91. The molecule has 3 heterocycles. The molecule has 1 unspecified atom stereocenters. The lowest BCUT2D eigenvalue weighted by molar-refractivity contribution is -0.138. The molecule has 1 atom stereocenters. The molecule has 32 heavy (non-hydrogen) atoms. The summed E-state index contributed by atoms with van der Waals surface area (Å²) in [5, 5.41) is 0. The van der Waals surface area contributed by atoms with Gasteiger partial charge in [0.2, 0.25) is 5.91 Å². The maximum Gasteiger partial charge on any atom is 0.344 e. The number of amidine groups is 1. The van der Waals surface area contributed by atoms with E-state index in [0.717, 1.165) is 18.5 Å². The molecule has 0 saturated carbocycles. The highest BCUT2D eigenvalue weighted by atomic mass is 32.2. The summed E-state index contributed by atoms with van der Waals surface area (Å²) in [6, 6.07) is 10.6. The van der Waals surface area contributed by atoms with Crippen molar-refractivity contribution in [1.29, 1.82) is 0 Å². The Morgan fingerprint density at radius 3 is 2.84 bits per heavy atom. The number of aromatic nitrogens is 1. The minimum atomic E-state index is -3.84. The van der Waals surface area contributed by atoms with Crippen molar-refractivity contribution in [3.63, 3.8) is 0 Å². The number of piperidine rings is 1. The molecule has 9 nitrogen and oxygen atoms in total. The van der Waals surface area contributed by atoms with Gasteiger partial charge in [-0.15, -0.1) is 4.40 Å². The van der Waals surface area contributed by atoms with Gasteiger partial charge in [-0.25, -0.2) is 0 Å². The Balaban J connectivity index is 1.45. The maximum absolute atomic E-state index is 13.3. The number of fused-ring (bicyclic) bond motifs is 1. The van der Waals surface area contributed by atoms with E-state index in [-0.39, 0.29) is 17.7 Å². The van der Waals surface area contributed by atoms with Gasteiger partial charge in [-0.1, -0.05) is 12.1 Å². The Morgan fingerprint density at radius 1 is 1.28 bits per heavy atom. The first-order valence-electron chi connectivity index (χ1n) is 10.5. The van der Waals surface area contributed by atoms with Crippen LogP contribution in [0.15, 0.2) is 47.0 Å². The first kappa shape index (κ1) is 22.1. The van der Waals surface area contributed by atoms with Gasteiger partial charge in [0.15, 0.2) is 5.84 Å². The molecule has 2 aliphatic heterocycles. The van der Waals surface area contributed by atoms with Crippen LogP contribution >= 0.6 is 0 Å². The second kappa shape index (κ2) is 8.42. The van der Waals surface area contributed by atoms with Crippen LogP contribution in [0, 0.1) is 5.92 Å². The van der Waals surface area contributed by atoms with Crippen molar-refractivity contribution in [1.82, 2.24) is 9.88 Å². The third-order valence-corrected chi connectivity index (χ3v) is 6.78. The maximum atomic E-state index is 13.3. The number of ether oxygens (including phenoxy) is 1. The van der Waals surface area contributed by atoms with Gasteiger partial charge in [-0.05, 0) is 51.0 Å². The number of hydrogen-bond donors (Lipinski definition) is 2. The van der Waals surface area contributed by atoms with Gasteiger partial charge in [-0.2, -0.15) is 8.42 Å². The summed E-state index contributed by atoms with van der Waals surface area (Å²) in [5.41, 5.74) is 6.69. The molecule has 1 saturated heterocycles. The first-order chi connectivity index (χ1) is 15.2. The number of nitrogens with zero attached hydrogens (tertiary/aromatic N) is 3. The molecule has 1 aromatic carbocycles. The average Bonchev–Trinajstić information content (AvgIpc) is 2.76. The number of rotatable bonds is 5. The summed E-state index contributed by atoms with van der Waals surface area (Å²) in [4.78, 5) is 19.5. The van der Waals surface area contributed by atoms with Gasteiger partial charge in [0.05, 0.1) is 29.0 Å². The highest BCUT2D eigenvalue weighted by Gasteiger charge is 2.37. The summed E-state index contributed by atoms with van der Waals surface area (Å²) < 4.78 is 35.4. The van der Waals surface area contributed by atoms with Gasteiger partial charge in [-0.3, -0.25) is 14.5 Å². The monoisotopic (exact) mass is 457 g/mol. The SMILES string of the molecule is CC(C)(C(=O)N1CCCC(COc2cccc3c2C(N)=NS(=O)(=O)N3)C1)c1ccccn1. The van der Waals surface area contributed by atoms with E-state index >= 15 is 0 Å². The number of carbonyl (C=O) groups is 1. The van der Waals surface area contributed by atoms with Crippen molar-refractivity contribution in [3.05, 3.63) is 53.9 Å². The number of hydrogen-bond acceptors (Lipinski definition) is 6. The predicted octanol–water partition coefficient (Wildman–Crippen LogP) is 2.05. The molecule has 170 valence electrons. The summed E-state index contributed by atoms with van der Waals surface area (Å²) in [6.45, 7) is 5.46. The molecular formula is C22H27N5O4S. The number of pyridine rings is 1. The van der Waals surface area contributed by atoms with Crippen LogP contribution in [0.4, 0.5) is 5.69 Å². The van der Waals surface area contributed by atoms with E-state index in [9.17, 15) is 13.2 Å². The molecule has 10 heteroatoms. The van der Waals surface area contributed by atoms with Crippen LogP contribution in [0.3, 0.4) is 0 Å². The van der Waals surface area contributed by atoms with E-state index < -0.39 is 15.6 Å². The lowest BCUT2D eigenvalue weighted by atomic mass is 9.85. The van der Waals surface area contributed by atoms with Gasteiger partial charge >= 0.3 is 10.2 Å². The normalized spacial score (nSPS) is 20.0. The van der Waals surface area contributed by atoms with E-state index in [1.54, 1.807) is 24.4 Å². The summed E-state index contributed by atoms with van der Waals surface area (Å²) in [5.74, 6) is 0.542. The second-order valence-corrected chi connectivity index (χ2v) is 9.98.